The van der Waals surface area contributed by atoms with Crippen molar-refractivity contribution in [2.75, 3.05) is 18.1 Å². The van der Waals surface area contributed by atoms with Crippen molar-refractivity contribution in [3.63, 3.8) is 0 Å². The van der Waals surface area contributed by atoms with Gasteiger partial charge in [0.25, 0.3) is 11.5 Å². The zero-order valence-electron chi connectivity index (χ0n) is 10.4. The highest BCUT2D eigenvalue weighted by molar-refractivity contribution is 7.99. The van der Waals surface area contributed by atoms with Gasteiger partial charge in [0.1, 0.15) is 11.6 Å². The molecule has 1 aromatic rings. The van der Waals surface area contributed by atoms with Crippen molar-refractivity contribution in [2.24, 2.45) is 0 Å². The lowest BCUT2D eigenvalue weighted by Gasteiger charge is -2.32. The Morgan fingerprint density at radius 1 is 1.47 bits per heavy atom. The van der Waals surface area contributed by atoms with E-state index in [-0.39, 0.29) is 5.56 Å². The number of aliphatic carboxylic acids is 1. The number of carboxylic acid groups (broad SMARTS) is 1. The Hall–Kier alpha value is -1.76. The van der Waals surface area contributed by atoms with E-state index < -0.39 is 23.5 Å². The molecular formula is C12H14N2O4S. The van der Waals surface area contributed by atoms with E-state index in [0.717, 1.165) is 0 Å². The van der Waals surface area contributed by atoms with Crippen LogP contribution in [0.2, 0.25) is 0 Å². The number of nitrogens with zero attached hydrogens (tertiary/aromatic N) is 1. The average Bonchev–Trinajstić information content (AvgIpc) is 2.38. The van der Waals surface area contributed by atoms with Gasteiger partial charge in [0.2, 0.25) is 0 Å². The average molecular weight is 282 g/mol. The number of pyridine rings is 1. The van der Waals surface area contributed by atoms with E-state index in [1.54, 1.807) is 13.0 Å². The van der Waals surface area contributed by atoms with Crippen LogP contribution >= 0.6 is 11.8 Å². The summed E-state index contributed by atoms with van der Waals surface area (Å²) in [6, 6.07) is 2.20. The SMILES string of the molecule is Cc1ccc(C(=O)N2CCSCC2C(=O)O)c(=O)[nH]1. The van der Waals surface area contributed by atoms with Gasteiger partial charge in [-0.15, -0.1) is 0 Å². The van der Waals surface area contributed by atoms with E-state index in [9.17, 15) is 14.4 Å². The van der Waals surface area contributed by atoms with E-state index in [1.807, 2.05) is 0 Å². The molecule has 1 aliphatic heterocycles. The van der Waals surface area contributed by atoms with Gasteiger partial charge in [0, 0.05) is 23.7 Å². The molecule has 0 aromatic carbocycles. The molecule has 2 heterocycles. The lowest BCUT2D eigenvalue weighted by Crippen LogP contribution is -2.51. The minimum absolute atomic E-state index is 0.0104. The first-order valence-electron chi connectivity index (χ1n) is 5.82. The Bertz CT molecular complexity index is 569. The van der Waals surface area contributed by atoms with Crippen LogP contribution in [0.5, 0.6) is 0 Å². The predicted molar refractivity (Wildman–Crippen MR) is 71.6 cm³/mol. The molecule has 2 N–H and O–H groups in total. The van der Waals surface area contributed by atoms with Crippen LogP contribution < -0.4 is 5.56 Å². The fraction of sp³-hybridized carbons (Fsp3) is 0.417. The van der Waals surface area contributed by atoms with E-state index in [0.29, 0.717) is 23.7 Å². The summed E-state index contributed by atoms with van der Waals surface area (Å²) in [5.41, 5.74) is 0.168. The van der Waals surface area contributed by atoms with Crippen molar-refractivity contribution in [3.8, 4) is 0 Å². The van der Waals surface area contributed by atoms with Gasteiger partial charge >= 0.3 is 5.97 Å². The summed E-state index contributed by atoms with van der Waals surface area (Å²) in [4.78, 5) is 39.0. The normalized spacial score (nSPS) is 19.2. The summed E-state index contributed by atoms with van der Waals surface area (Å²) in [6.45, 7) is 2.06. The van der Waals surface area contributed by atoms with Gasteiger partial charge in [-0.3, -0.25) is 9.59 Å². The van der Waals surface area contributed by atoms with E-state index >= 15 is 0 Å². The Morgan fingerprint density at radius 3 is 2.84 bits per heavy atom. The van der Waals surface area contributed by atoms with Crippen LogP contribution in [0, 0.1) is 6.92 Å². The Balaban J connectivity index is 2.31. The molecule has 1 amide bonds. The zero-order chi connectivity index (χ0) is 14.0. The third kappa shape index (κ3) is 2.81. The Kier molecular flexibility index (Phi) is 3.94. The number of nitrogens with one attached hydrogen (secondary N) is 1. The van der Waals surface area contributed by atoms with Crippen LogP contribution in [0.25, 0.3) is 0 Å². The number of thioether (sulfide) groups is 1. The second-order valence-corrected chi connectivity index (χ2v) is 5.46. The number of carbonyl (C=O) groups is 2. The van der Waals surface area contributed by atoms with Gasteiger partial charge in [-0.2, -0.15) is 11.8 Å². The summed E-state index contributed by atoms with van der Waals surface area (Å²) < 4.78 is 0. The van der Waals surface area contributed by atoms with Gasteiger partial charge in [-0.1, -0.05) is 0 Å². The van der Waals surface area contributed by atoms with Crippen molar-refractivity contribution in [2.45, 2.75) is 13.0 Å². The minimum Gasteiger partial charge on any atom is -0.480 e. The van der Waals surface area contributed by atoms with Crippen molar-refractivity contribution in [1.82, 2.24) is 9.88 Å². The molecule has 102 valence electrons. The van der Waals surface area contributed by atoms with Crippen LogP contribution in [-0.4, -0.2) is 51.0 Å². The molecule has 0 spiro atoms. The first-order valence-corrected chi connectivity index (χ1v) is 6.97. The molecule has 2 rings (SSSR count). The smallest absolute Gasteiger partial charge is 0.327 e. The third-order valence-corrected chi connectivity index (χ3v) is 3.98. The number of rotatable bonds is 2. The molecule has 1 fully saturated rings. The van der Waals surface area contributed by atoms with Gasteiger partial charge < -0.3 is 15.0 Å². The molecule has 6 nitrogen and oxygen atoms in total. The number of aryl methyl sites for hydroxylation is 1. The largest absolute Gasteiger partial charge is 0.480 e. The fourth-order valence-corrected chi connectivity index (χ4v) is 2.98. The van der Waals surface area contributed by atoms with E-state index in [4.69, 9.17) is 5.11 Å². The van der Waals surface area contributed by atoms with Crippen LogP contribution in [0.15, 0.2) is 16.9 Å². The molecule has 1 saturated heterocycles. The molecule has 0 aliphatic carbocycles. The molecule has 7 heteroatoms. The number of amides is 1. The monoisotopic (exact) mass is 282 g/mol. The highest BCUT2D eigenvalue weighted by atomic mass is 32.2. The number of carboxylic acids is 1. The minimum atomic E-state index is -1.04. The number of H-pyrrole nitrogens is 1. The topological polar surface area (TPSA) is 90.5 Å². The highest BCUT2D eigenvalue weighted by Crippen LogP contribution is 2.18. The number of aromatic nitrogens is 1. The molecule has 1 unspecified atom stereocenters. The van der Waals surface area contributed by atoms with Crippen LogP contribution in [-0.2, 0) is 4.79 Å². The highest BCUT2D eigenvalue weighted by Gasteiger charge is 2.33. The van der Waals surface area contributed by atoms with Crippen LogP contribution in [0.3, 0.4) is 0 Å². The number of aromatic amines is 1. The molecule has 0 bridgehead atoms. The number of hydrogen-bond acceptors (Lipinski definition) is 4. The summed E-state index contributed by atoms with van der Waals surface area (Å²) in [5, 5.41) is 9.12. The van der Waals surface area contributed by atoms with Crippen molar-refractivity contribution in [3.05, 3.63) is 33.7 Å². The Morgan fingerprint density at radius 2 is 2.21 bits per heavy atom. The van der Waals surface area contributed by atoms with Crippen molar-refractivity contribution in [1.29, 1.82) is 0 Å². The first-order chi connectivity index (χ1) is 9.00. The molecule has 0 saturated carbocycles. The lowest BCUT2D eigenvalue weighted by molar-refractivity contribution is -0.141. The van der Waals surface area contributed by atoms with Crippen LogP contribution in [0.4, 0.5) is 0 Å². The van der Waals surface area contributed by atoms with Gasteiger partial charge in [-0.05, 0) is 19.1 Å². The molecule has 1 atom stereocenters. The molecule has 1 aromatic heterocycles. The number of hydrogen-bond donors (Lipinski definition) is 2. The van der Waals surface area contributed by atoms with Gasteiger partial charge in [0.15, 0.2) is 0 Å². The van der Waals surface area contributed by atoms with E-state index in [2.05, 4.69) is 4.98 Å². The standard InChI is InChI=1S/C12H14N2O4S/c1-7-2-3-8(10(15)13-7)11(16)14-4-5-19-6-9(14)12(17)18/h2-3,9H,4-6H2,1H3,(H,13,15)(H,17,18). The predicted octanol–water partition coefficient (Wildman–Crippen LogP) is 0.326. The van der Waals surface area contributed by atoms with Gasteiger partial charge in [-0.25, -0.2) is 4.79 Å². The fourth-order valence-electron chi connectivity index (χ4n) is 1.95. The second kappa shape index (κ2) is 5.48. The maximum absolute atomic E-state index is 12.3. The summed E-state index contributed by atoms with van der Waals surface area (Å²) >= 11 is 1.49. The molecule has 19 heavy (non-hydrogen) atoms. The summed E-state index contributed by atoms with van der Waals surface area (Å²) in [6.07, 6.45) is 0. The Labute approximate surface area is 113 Å². The molecular weight excluding hydrogens is 268 g/mol. The van der Waals surface area contributed by atoms with Crippen molar-refractivity contribution < 1.29 is 14.7 Å². The zero-order valence-corrected chi connectivity index (χ0v) is 11.2. The van der Waals surface area contributed by atoms with Crippen molar-refractivity contribution >= 4 is 23.6 Å². The van der Waals surface area contributed by atoms with Crippen LogP contribution in [0.1, 0.15) is 16.1 Å². The second-order valence-electron chi connectivity index (χ2n) is 4.31. The summed E-state index contributed by atoms with van der Waals surface area (Å²) in [7, 11) is 0. The number of carbonyl (C=O) groups excluding carboxylic acids is 1. The third-order valence-electron chi connectivity index (χ3n) is 2.96. The van der Waals surface area contributed by atoms with E-state index in [1.165, 1.54) is 22.7 Å². The first kappa shape index (κ1) is 13.7. The maximum atomic E-state index is 12.3. The molecule has 1 aliphatic rings. The molecule has 0 radical (unpaired) electrons. The van der Waals surface area contributed by atoms with Gasteiger partial charge in [0.05, 0.1) is 0 Å². The maximum Gasteiger partial charge on any atom is 0.327 e. The summed E-state index contributed by atoms with van der Waals surface area (Å²) in [5.74, 6) is -0.525. The quantitative estimate of drug-likeness (QED) is 0.815. The lowest BCUT2D eigenvalue weighted by atomic mass is 10.2.